The van der Waals surface area contributed by atoms with Gasteiger partial charge in [-0.3, -0.25) is 9.69 Å². The van der Waals surface area contributed by atoms with E-state index in [0.29, 0.717) is 26.1 Å². The fourth-order valence-corrected chi connectivity index (χ4v) is 5.19. The molecule has 6 nitrogen and oxygen atoms in total. The van der Waals surface area contributed by atoms with Gasteiger partial charge in [0.05, 0.1) is 7.11 Å². The Labute approximate surface area is 202 Å². The van der Waals surface area contributed by atoms with Crippen LogP contribution >= 0.6 is 0 Å². The number of ketones is 1. The molecule has 4 rings (SSSR count). The first-order valence-corrected chi connectivity index (χ1v) is 12.1. The van der Waals surface area contributed by atoms with E-state index >= 15 is 0 Å². The highest BCUT2D eigenvalue weighted by Gasteiger charge is 2.51. The summed E-state index contributed by atoms with van der Waals surface area (Å²) in [6.45, 7) is 10.0. The molecular formula is C28H36N2O4. The zero-order chi connectivity index (χ0) is 24.5. The molecule has 1 spiro atoms. The lowest BCUT2D eigenvalue weighted by atomic mass is 9.74. The maximum absolute atomic E-state index is 14.1. The normalized spacial score (nSPS) is 20.9. The molecule has 2 aliphatic rings. The van der Waals surface area contributed by atoms with Gasteiger partial charge in [-0.25, -0.2) is 4.79 Å². The van der Waals surface area contributed by atoms with Crippen LogP contribution in [0.15, 0.2) is 42.5 Å². The lowest BCUT2D eigenvalue weighted by Gasteiger charge is -2.51. The van der Waals surface area contributed by atoms with E-state index in [2.05, 4.69) is 36.1 Å². The number of hydrogen-bond acceptors (Lipinski definition) is 5. The SMILES string of the molecule is COc1ccc2c(c1)CCC1(CN(C(=O)OC(C)(C)C)CCN1CCc1ccccc1C)C2=O. The first-order valence-electron chi connectivity index (χ1n) is 12.1. The van der Waals surface area contributed by atoms with Gasteiger partial charge in [0.15, 0.2) is 5.78 Å². The van der Waals surface area contributed by atoms with Gasteiger partial charge < -0.3 is 14.4 Å². The van der Waals surface area contributed by atoms with Crippen LogP contribution in [0, 0.1) is 6.92 Å². The monoisotopic (exact) mass is 464 g/mol. The maximum Gasteiger partial charge on any atom is 0.410 e. The lowest BCUT2D eigenvalue weighted by Crippen LogP contribution is -2.68. The molecule has 6 heteroatoms. The summed E-state index contributed by atoms with van der Waals surface area (Å²) in [5, 5.41) is 0. The third-order valence-corrected chi connectivity index (χ3v) is 7.05. The molecule has 182 valence electrons. The number of nitrogens with zero attached hydrogens (tertiary/aromatic N) is 2. The summed E-state index contributed by atoms with van der Waals surface area (Å²) in [6.07, 6.45) is 1.95. The number of piperazine rings is 1. The van der Waals surface area contributed by atoms with Crippen molar-refractivity contribution in [3.63, 3.8) is 0 Å². The van der Waals surface area contributed by atoms with Crippen LogP contribution in [0.4, 0.5) is 4.79 Å². The third-order valence-electron chi connectivity index (χ3n) is 7.05. The summed E-state index contributed by atoms with van der Waals surface area (Å²) < 4.78 is 11.0. The highest BCUT2D eigenvalue weighted by Crippen LogP contribution is 2.38. The van der Waals surface area contributed by atoms with Gasteiger partial charge in [0.1, 0.15) is 16.9 Å². The Kier molecular flexibility index (Phi) is 6.72. The molecule has 0 N–H and O–H groups in total. The van der Waals surface area contributed by atoms with Gasteiger partial charge in [0.25, 0.3) is 0 Å². The minimum absolute atomic E-state index is 0.0921. The summed E-state index contributed by atoms with van der Waals surface area (Å²) >= 11 is 0. The number of benzene rings is 2. The van der Waals surface area contributed by atoms with Crippen LogP contribution in [0.3, 0.4) is 0 Å². The second-order valence-corrected chi connectivity index (χ2v) is 10.4. The zero-order valence-corrected chi connectivity index (χ0v) is 21.0. The smallest absolute Gasteiger partial charge is 0.410 e. The van der Waals surface area contributed by atoms with E-state index in [-0.39, 0.29) is 11.9 Å². The van der Waals surface area contributed by atoms with Crippen molar-refractivity contribution in [1.82, 2.24) is 9.80 Å². The number of amides is 1. The van der Waals surface area contributed by atoms with Gasteiger partial charge in [-0.2, -0.15) is 0 Å². The number of fused-ring (bicyclic) bond motifs is 1. The fraction of sp³-hybridized carbons (Fsp3) is 0.500. The predicted octanol–water partition coefficient (Wildman–Crippen LogP) is 4.67. The number of methoxy groups -OCH3 is 1. The Bertz CT molecular complexity index is 1070. The average Bonchev–Trinajstić information content (AvgIpc) is 2.80. The summed E-state index contributed by atoms with van der Waals surface area (Å²) in [6, 6.07) is 14.1. The Morgan fingerprint density at radius 2 is 1.88 bits per heavy atom. The maximum atomic E-state index is 14.1. The minimum atomic E-state index is -0.751. The summed E-state index contributed by atoms with van der Waals surface area (Å²) in [5.74, 6) is 0.854. The molecule has 2 aromatic rings. The Balaban J connectivity index is 1.64. The zero-order valence-electron chi connectivity index (χ0n) is 21.0. The number of hydrogen-bond donors (Lipinski definition) is 0. The summed E-state index contributed by atoms with van der Waals surface area (Å²) in [7, 11) is 1.64. The van der Waals surface area contributed by atoms with Gasteiger partial charge in [0.2, 0.25) is 0 Å². The summed E-state index contributed by atoms with van der Waals surface area (Å²) in [5.41, 5.74) is 2.98. The second-order valence-electron chi connectivity index (χ2n) is 10.4. The molecule has 0 saturated carbocycles. The van der Waals surface area contributed by atoms with Crippen LogP contribution in [-0.4, -0.2) is 66.1 Å². The van der Waals surface area contributed by atoms with Crippen LogP contribution in [0.2, 0.25) is 0 Å². The van der Waals surface area contributed by atoms with E-state index in [1.165, 1.54) is 11.1 Å². The number of ether oxygens (including phenoxy) is 2. The molecule has 1 fully saturated rings. The van der Waals surface area contributed by atoms with Crippen molar-refractivity contribution in [2.75, 3.05) is 33.3 Å². The molecule has 0 bridgehead atoms. The van der Waals surface area contributed by atoms with E-state index < -0.39 is 11.1 Å². The van der Waals surface area contributed by atoms with Gasteiger partial charge in [-0.05, 0) is 81.8 Å². The van der Waals surface area contributed by atoms with Crippen LogP contribution in [0.5, 0.6) is 5.75 Å². The third kappa shape index (κ3) is 4.83. The molecule has 1 heterocycles. The first-order chi connectivity index (χ1) is 16.1. The van der Waals surface area contributed by atoms with Crippen LogP contribution in [0.1, 0.15) is 54.2 Å². The molecule has 0 aromatic heterocycles. The van der Waals surface area contributed by atoms with Crippen molar-refractivity contribution in [2.24, 2.45) is 0 Å². The molecule has 34 heavy (non-hydrogen) atoms. The van der Waals surface area contributed by atoms with Crippen molar-refractivity contribution in [3.8, 4) is 5.75 Å². The second kappa shape index (κ2) is 9.41. The number of carbonyl (C=O) groups excluding carboxylic acids is 2. The van der Waals surface area contributed by atoms with Gasteiger partial charge in [-0.15, -0.1) is 0 Å². The highest BCUT2D eigenvalue weighted by molar-refractivity contribution is 6.06. The Morgan fingerprint density at radius 3 is 2.59 bits per heavy atom. The topological polar surface area (TPSA) is 59.1 Å². The van der Waals surface area contributed by atoms with E-state index in [0.717, 1.165) is 36.3 Å². The fourth-order valence-electron chi connectivity index (χ4n) is 5.19. The molecule has 1 amide bonds. The lowest BCUT2D eigenvalue weighted by molar-refractivity contribution is -0.0217. The van der Waals surface area contributed by atoms with Crippen molar-refractivity contribution in [1.29, 1.82) is 0 Å². The van der Waals surface area contributed by atoms with Crippen LogP contribution in [-0.2, 0) is 17.6 Å². The highest BCUT2D eigenvalue weighted by atomic mass is 16.6. The van der Waals surface area contributed by atoms with Crippen molar-refractivity contribution < 1.29 is 19.1 Å². The quantitative estimate of drug-likeness (QED) is 0.658. The number of carbonyl (C=O) groups is 2. The number of aryl methyl sites for hydroxylation is 2. The van der Waals surface area contributed by atoms with E-state index in [1.807, 2.05) is 39.0 Å². The van der Waals surface area contributed by atoms with Gasteiger partial charge in [-0.1, -0.05) is 24.3 Å². The van der Waals surface area contributed by atoms with Crippen LogP contribution in [0.25, 0.3) is 0 Å². The van der Waals surface area contributed by atoms with Crippen molar-refractivity contribution in [2.45, 2.75) is 58.1 Å². The van der Waals surface area contributed by atoms with Crippen molar-refractivity contribution in [3.05, 3.63) is 64.7 Å². The van der Waals surface area contributed by atoms with Crippen LogP contribution < -0.4 is 4.74 Å². The van der Waals surface area contributed by atoms with E-state index in [1.54, 1.807) is 12.0 Å². The molecular weight excluding hydrogens is 428 g/mol. The summed E-state index contributed by atoms with van der Waals surface area (Å²) in [4.78, 5) is 31.1. The average molecular weight is 465 g/mol. The molecule has 1 aliphatic carbocycles. The van der Waals surface area contributed by atoms with E-state index in [9.17, 15) is 9.59 Å². The Morgan fingerprint density at radius 1 is 1.12 bits per heavy atom. The number of Topliss-reactive ketones (excluding diaryl/α,β-unsaturated/α-hetero) is 1. The minimum Gasteiger partial charge on any atom is -0.497 e. The molecule has 0 radical (unpaired) electrons. The largest absolute Gasteiger partial charge is 0.497 e. The molecule has 2 aromatic carbocycles. The molecule has 1 saturated heterocycles. The van der Waals surface area contributed by atoms with Gasteiger partial charge in [0, 0.05) is 31.7 Å². The van der Waals surface area contributed by atoms with E-state index in [4.69, 9.17) is 9.47 Å². The predicted molar refractivity (Wildman–Crippen MR) is 133 cm³/mol. The van der Waals surface area contributed by atoms with Gasteiger partial charge >= 0.3 is 6.09 Å². The molecule has 1 unspecified atom stereocenters. The number of rotatable bonds is 4. The molecule has 1 atom stereocenters. The Hall–Kier alpha value is -2.86. The van der Waals surface area contributed by atoms with Crippen molar-refractivity contribution >= 4 is 11.9 Å². The standard InChI is InChI=1S/C28H36N2O4/c1-20-8-6-7-9-21(20)13-15-30-17-16-29(26(32)34-27(2,3)4)19-28(30)14-12-22-18-23(33-5)10-11-24(22)25(28)31/h6-11,18H,12-17,19H2,1-5H3. The molecule has 1 aliphatic heterocycles. The first kappa shape index (κ1) is 24.3.